The van der Waals surface area contributed by atoms with Gasteiger partial charge in [-0.1, -0.05) is 19.9 Å². The summed E-state index contributed by atoms with van der Waals surface area (Å²) in [6.07, 6.45) is 6.37. The minimum absolute atomic E-state index is 0.468. The molecule has 1 heteroatoms. The summed E-state index contributed by atoms with van der Waals surface area (Å²) >= 11 is 0. The Hall–Kier alpha value is -0.590. The predicted molar refractivity (Wildman–Crippen MR) is 52.3 cm³/mol. The van der Waals surface area contributed by atoms with Crippen LogP contribution in [0.5, 0.6) is 0 Å². The van der Waals surface area contributed by atoms with E-state index in [-0.39, 0.29) is 0 Å². The van der Waals surface area contributed by atoms with Crippen LogP contribution in [0.15, 0.2) is 16.6 Å². The Bertz CT molecular complexity index is 145. The molecule has 0 radical (unpaired) electrons. The van der Waals surface area contributed by atoms with Crippen LogP contribution in [0.4, 0.5) is 0 Å². The summed E-state index contributed by atoms with van der Waals surface area (Å²) < 4.78 is 0. The van der Waals surface area contributed by atoms with Crippen molar-refractivity contribution >= 4 is 6.21 Å². The van der Waals surface area contributed by atoms with Gasteiger partial charge in [0, 0.05) is 12.3 Å². The Kier molecular flexibility index (Phi) is 5.81. The molecule has 1 unspecified atom stereocenters. The lowest BCUT2D eigenvalue weighted by molar-refractivity contribution is 0.720. The molecule has 1 nitrogen and oxygen atoms in total. The second-order valence-corrected chi connectivity index (χ2v) is 2.89. The van der Waals surface area contributed by atoms with Crippen LogP contribution in [0.1, 0.15) is 40.5 Å². The first-order valence-electron chi connectivity index (χ1n) is 4.40. The average Bonchev–Trinajstić information content (AvgIpc) is 2.01. The van der Waals surface area contributed by atoms with E-state index in [0.29, 0.717) is 6.04 Å². The molecule has 1 atom stereocenters. The normalized spacial score (nSPS) is 15.8. The number of hydrogen-bond acceptors (Lipinski definition) is 1. The molecular formula is C10H19N. The summed E-state index contributed by atoms with van der Waals surface area (Å²) in [5.74, 6) is 0. The van der Waals surface area contributed by atoms with Gasteiger partial charge in [0.25, 0.3) is 0 Å². The van der Waals surface area contributed by atoms with E-state index in [0.717, 1.165) is 12.8 Å². The van der Waals surface area contributed by atoms with Gasteiger partial charge in [-0.05, 0) is 32.3 Å². The zero-order valence-corrected chi connectivity index (χ0v) is 8.09. The fourth-order valence-electron chi connectivity index (χ4n) is 0.725. The van der Waals surface area contributed by atoms with E-state index in [4.69, 9.17) is 0 Å². The Labute approximate surface area is 70.2 Å². The lowest BCUT2D eigenvalue weighted by Crippen LogP contribution is -1.94. The van der Waals surface area contributed by atoms with Crippen molar-refractivity contribution in [1.82, 2.24) is 0 Å². The molecule has 0 bridgehead atoms. The van der Waals surface area contributed by atoms with Gasteiger partial charge in [0.2, 0.25) is 0 Å². The molecule has 11 heavy (non-hydrogen) atoms. The van der Waals surface area contributed by atoms with Crippen LogP contribution < -0.4 is 0 Å². The average molecular weight is 153 g/mol. The highest BCUT2D eigenvalue weighted by Crippen LogP contribution is 1.96. The van der Waals surface area contributed by atoms with Crippen molar-refractivity contribution in [3.05, 3.63) is 11.6 Å². The Balaban J connectivity index is 3.81. The third-order valence-corrected chi connectivity index (χ3v) is 1.65. The standard InChI is InChI=1S/C10H19N/c1-5-7-9(3)8-11-10(4)6-2/h7-8,10H,5-6H2,1-4H3/b9-7+,11-8?. The zero-order valence-electron chi connectivity index (χ0n) is 8.09. The Morgan fingerprint density at radius 1 is 1.45 bits per heavy atom. The minimum atomic E-state index is 0.468. The molecule has 0 amide bonds. The van der Waals surface area contributed by atoms with E-state index in [1.165, 1.54) is 5.57 Å². The first-order valence-corrected chi connectivity index (χ1v) is 4.40. The Morgan fingerprint density at radius 3 is 2.55 bits per heavy atom. The number of allylic oxidation sites excluding steroid dienone is 2. The van der Waals surface area contributed by atoms with Gasteiger partial charge in [-0.3, -0.25) is 4.99 Å². The molecule has 0 aliphatic rings. The van der Waals surface area contributed by atoms with Crippen molar-refractivity contribution in [2.24, 2.45) is 4.99 Å². The molecule has 0 aromatic carbocycles. The summed E-state index contributed by atoms with van der Waals surface area (Å²) in [4.78, 5) is 4.37. The van der Waals surface area contributed by atoms with Crippen LogP contribution in [0.25, 0.3) is 0 Å². The molecule has 0 spiro atoms. The van der Waals surface area contributed by atoms with Crippen LogP contribution >= 0.6 is 0 Å². The van der Waals surface area contributed by atoms with Crippen molar-refractivity contribution in [3.8, 4) is 0 Å². The maximum absolute atomic E-state index is 4.37. The number of hydrogen-bond donors (Lipinski definition) is 0. The molecule has 0 aromatic heterocycles. The quantitative estimate of drug-likeness (QED) is 0.550. The predicted octanol–water partition coefficient (Wildman–Crippen LogP) is 3.21. The summed E-state index contributed by atoms with van der Waals surface area (Å²) in [5.41, 5.74) is 1.27. The SMILES string of the molecule is CC/C=C(\C)C=NC(C)CC. The van der Waals surface area contributed by atoms with E-state index in [1.54, 1.807) is 0 Å². The van der Waals surface area contributed by atoms with Gasteiger partial charge in [-0.15, -0.1) is 0 Å². The second-order valence-electron chi connectivity index (χ2n) is 2.89. The Morgan fingerprint density at radius 2 is 2.09 bits per heavy atom. The van der Waals surface area contributed by atoms with Crippen molar-refractivity contribution < 1.29 is 0 Å². The minimum Gasteiger partial charge on any atom is -0.290 e. The lowest BCUT2D eigenvalue weighted by Gasteiger charge is -1.99. The molecule has 0 aliphatic carbocycles. The van der Waals surface area contributed by atoms with Gasteiger partial charge in [0.1, 0.15) is 0 Å². The highest BCUT2D eigenvalue weighted by Gasteiger charge is 1.90. The molecule has 0 heterocycles. The third-order valence-electron chi connectivity index (χ3n) is 1.65. The number of nitrogens with zero attached hydrogens (tertiary/aromatic N) is 1. The fraction of sp³-hybridized carbons (Fsp3) is 0.700. The van der Waals surface area contributed by atoms with E-state index in [1.807, 2.05) is 6.21 Å². The van der Waals surface area contributed by atoms with Crippen molar-refractivity contribution in [2.75, 3.05) is 0 Å². The molecule has 0 saturated heterocycles. The molecule has 0 N–H and O–H groups in total. The van der Waals surface area contributed by atoms with Crippen LogP contribution in [0.3, 0.4) is 0 Å². The molecule has 0 fully saturated rings. The first kappa shape index (κ1) is 10.4. The van der Waals surface area contributed by atoms with Gasteiger partial charge in [-0.25, -0.2) is 0 Å². The summed E-state index contributed by atoms with van der Waals surface area (Å²) in [6, 6.07) is 0.468. The van der Waals surface area contributed by atoms with E-state index in [2.05, 4.69) is 38.8 Å². The maximum Gasteiger partial charge on any atom is 0.0468 e. The van der Waals surface area contributed by atoms with E-state index < -0.39 is 0 Å². The van der Waals surface area contributed by atoms with Gasteiger partial charge >= 0.3 is 0 Å². The summed E-state index contributed by atoms with van der Waals surface area (Å²) in [6.45, 7) is 8.52. The van der Waals surface area contributed by atoms with Crippen LogP contribution in [-0.4, -0.2) is 12.3 Å². The largest absolute Gasteiger partial charge is 0.290 e. The lowest BCUT2D eigenvalue weighted by atomic mass is 10.2. The first-order chi connectivity index (χ1) is 5.20. The third kappa shape index (κ3) is 5.84. The molecule has 0 saturated carbocycles. The molecule has 0 aromatic rings. The van der Waals surface area contributed by atoms with Gasteiger partial charge in [-0.2, -0.15) is 0 Å². The molecule has 0 aliphatic heterocycles. The summed E-state index contributed by atoms with van der Waals surface area (Å²) in [5, 5.41) is 0. The molecular weight excluding hydrogens is 134 g/mol. The monoisotopic (exact) mass is 153 g/mol. The zero-order chi connectivity index (χ0) is 8.69. The van der Waals surface area contributed by atoms with Crippen LogP contribution in [0, 0.1) is 0 Å². The van der Waals surface area contributed by atoms with Crippen LogP contribution in [-0.2, 0) is 0 Å². The van der Waals surface area contributed by atoms with Gasteiger partial charge in [0.05, 0.1) is 0 Å². The van der Waals surface area contributed by atoms with Crippen molar-refractivity contribution in [2.45, 2.75) is 46.6 Å². The van der Waals surface area contributed by atoms with Gasteiger partial charge in [0.15, 0.2) is 0 Å². The topological polar surface area (TPSA) is 12.4 Å². The molecule has 0 rings (SSSR count). The van der Waals surface area contributed by atoms with Crippen molar-refractivity contribution in [3.63, 3.8) is 0 Å². The van der Waals surface area contributed by atoms with Crippen molar-refractivity contribution in [1.29, 1.82) is 0 Å². The fourth-order valence-corrected chi connectivity index (χ4v) is 0.725. The van der Waals surface area contributed by atoms with E-state index in [9.17, 15) is 0 Å². The highest BCUT2D eigenvalue weighted by atomic mass is 14.7. The number of rotatable bonds is 4. The molecule has 64 valence electrons. The number of aliphatic imine (C=N–C) groups is 1. The second kappa shape index (κ2) is 6.14. The smallest absolute Gasteiger partial charge is 0.0468 e. The van der Waals surface area contributed by atoms with Gasteiger partial charge < -0.3 is 0 Å². The highest BCUT2D eigenvalue weighted by molar-refractivity contribution is 5.77. The summed E-state index contributed by atoms with van der Waals surface area (Å²) in [7, 11) is 0. The van der Waals surface area contributed by atoms with Crippen LogP contribution in [0.2, 0.25) is 0 Å². The maximum atomic E-state index is 4.37. The van der Waals surface area contributed by atoms with E-state index >= 15 is 0 Å².